The third kappa shape index (κ3) is 10.3. The van der Waals surface area contributed by atoms with E-state index in [0.29, 0.717) is 6.42 Å². The summed E-state index contributed by atoms with van der Waals surface area (Å²) in [5.41, 5.74) is 0. The van der Waals surface area contributed by atoms with Crippen molar-refractivity contribution in [3.05, 3.63) is 36.5 Å². The Bertz CT molecular complexity index is 324. The van der Waals surface area contributed by atoms with Crippen LogP contribution in [0.15, 0.2) is 36.5 Å². The first kappa shape index (κ1) is 12.3. The van der Waals surface area contributed by atoms with E-state index >= 15 is 0 Å². The summed E-state index contributed by atoms with van der Waals surface area (Å²) in [6, 6.07) is 0. The van der Waals surface area contributed by atoms with Gasteiger partial charge in [-0.1, -0.05) is 36.1 Å². The molecule has 72 valence electrons. The van der Waals surface area contributed by atoms with Gasteiger partial charge >= 0.3 is 0 Å². The minimum Gasteiger partial charge on any atom is -0.396 e. The molecule has 0 aliphatic heterocycles. The lowest BCUT2D eigenvalue weighted by Crippen LogP contribution is -1.73. The lowest BCUT2D eigenvalue weighted by Gasteiger charge is -1.78. The number of hydrogen-bond acceptors (Lipinski definition) is 1. The number of hydrogen-bond donors (Lipinski definition) is 1. The van der Waals surface area contributed by atoms with Gasteiger partial charge in [0, 0.05) is 6.61 Å². The van der Waals surface area contributed by atoms with Crippen molar-refractivity contribution >= 4 is 0 Å². The van der Waals surface area contributed by atoms with E-state index in [1.54, 1.807) is 12.2 Å². The highest BCUT2D eigenvalue weighted by Gasteiger charge is 1.68. The number of allylic oxidation sites excluding steroid dienone is 5. The second-order valence-electron chi connectivity index (χ2n) is 2.34. The van der Waals surface area contributed by atoms with Crippen LogP contribution < -0.4 is 0 Å². The van der Waals surface area contributed by atoms with Gasteiger partial charge in [-0.3, -0.25) is 0 Å². The Morgan fingerprint density at radius 1 is 1.07 bits per heavy atom. The van der Waals surface area contributed by atoms with Crippen LogP contribution in [0.25, 0.3) is 0 Å². The summed E-state index contributed by atoms with van der Waals surface area (Å²) in [5, 5.41) is 8.46. The zero-order valence-corrected chi connectivity index (χ0v) is 8.33. The molecule has 0 bridgehead atoms. The SMILES string of the molecule is C/C=C/C#CC#C/C=C/C=C/CCO. The smallest absolute Gasteiger partial charge is 0.0465 e. The van der Waals surface area contributed by atoms with E-state index in [1.165, 1.54) is 0 Å². The summed E-state index contributed by atoms with van der Waals surface area (Å²) in [4.78, 5) is 0. The van der Waals surface area contributed by atoms with Crippen LogP contribution in [0.1, 0.15) is 13.3 Å². The molecular formula is C13H14O. The first-order chi connectivity index (χ1) is 6.91. The number of aliphatic hydroxyl groups excluding tert-OH is 1. The molecule has 0 spiro atoms. The maximum absolute atomic E-state index is 8.46. The molecular weight excluding hydrogens is 172 g/mol. The number of rotatable bonds is 3. The van der Waals surface area contributed by atoms with Crippen LogP contribution in [0.3, 0.4) is 0 Å². The standard InChI is InChI=1S/C13H14O/c1-2-3-4-5-6-7-8-9-10-11-12-13-14/h2-3,8-11,14H,12-13H2,1H3/b3-2+,9-8+,11-10+. The zero-order valence-electron chi connectivity index (χ0n) is 8.33. The molecule has 0 atom stereocenters. The summed E-state index contributed by atoms with van der Waals surface area (Å²) >= 11 is 0. The third-order valence-corrected chi connectivity index (χ3v) is 1.18. The molecule has 0 saturated heterocycles. The van der Waals surface area contributed by atoms with E-state index in [2.05, 4.69) is 23.7 Å². The van der Waals surface area contributed by atoms with Crippen LogP contribution in [0.2, 0.25) is 0 Å². The van der Waals surface area contributed by atoms with Gasteiger partial charge < -0.3 is 5.11 Å². The highest BCUT2D eigenvalue weighted by Crippen LogP contribution is 1.81. The van der Waals surface area contributed by atoms with Crippen molar-refractivity contribution in [1.82, 2.24) is 0 Å². The summed E-state index contributed by atoms with van der Waals surface area (Å²) < 4.78 is 0. The molecule has 0 radical (unpaired) electrons. The molecule has 0 unspecified atom stereocenters. The van der Waals surface area contributed by atoms with Crippen LogP contribution in [-0.4, -0.2) is 11.7 Å². The molecule has 0 amide bonds. The van der Waals surface area contributed by atoms with Crippen LogP contribution in [0.5, 0.6) is 0 Å². The van der Waals surface area contributed by atoms with E-state index in [-0.39, 0.29) is 6.61 Å². The summed E-state index contributed by atoms with van der Waals surface area (Å²) in [7, 11) is 0. The molecule has 14 heavy (non-hydrogen) atoms. The van der Waals surface area contributed by atoms with E-state index < -0.39 is 0 Å². The quantitative estimate of drug-likeness (QED) is 0.528. The second kappa shape index (κ2) is 11.3. The van der Waals surface area contributed by atoms with E-state index in [4.69, 9.17) is 5.11 Å². The van der Waals surface area contributed by atoms with E-state index in [0.717, 1.165) is 0 Å². The summed E-state index contributed by atoms with van der Waals surface area (Å²) in [6.07, 6.45) is 11.6. The van der Waals surface area contributed by atoms with Crippen LogP contribution >= 0.6 is 0 Å². The van der Waals surface area contributed by atoms with E-state index in [9.17, 15) is 0 Å². The Morgan fingerprint density at radius 3 is 2.43 bits per heavy atom. The molecule has 0 aromatic rings. The van der Waals surface area contributed by atoms with Crippen LogP contribution in [-0.2, 0) is 0 Å². The predicted octanol–water partition coefficient (Wildman–Crippen LogP) is 2.06. The molecule has 0 heterocycles. The van der Waals surface area contributed by atoms with Gasteiger partial charge in [-0.2, -0.15) is 0 Å². The summed E-state index contributed by atoms with van der Waals surface area (Å²) in [6.45, 7) is 2.10. The lowest BCUT2D eigenvalue weighted by molar-refractivity contribution is 0.302. The first-order valence-electron chi connectivity index (χ1n) is 4.46. The van der Waals surface area contributed by atoms with Crippen molar-refractivity contribution in [3.8, 4) is 23.7 Å². The van der Waals surface area contributed by atoms with Gasteiger partial charge in [0.15, 0.2) is 0 Å². The Labute approximate surface area is 85.8 Å². The Balaban J connectivity index is 3.76. The molecule has 0 aliphatic carbocycles. The molecule has 0 rings (SSSR count). The van der Waals surface area contributed by atoms with Gasteiger partial charge in [-0.15, -0.1) is 0 Å². The molecule has 0 aliphatic rings. The monoisotopic (exact) mass is 186 g/mol. The average molecular weight is 186 g/mol. The minimum absolute atomic E-state index is 0.185. The van der Waals surface area contributed by atoms with Gasteiger partial charge in [-0.05, 0) is 37.3 Å². The van der Waals surface area contributed by atoms with Crippen molar-refractivity contribution in [2.24, 2.45) is 0 Å². The maximum Gasteiger partial charge on any atom is 0.0465 e. The Kier molecular flexibility index (Phi) is 9.93. The van der Waals surface area contributed by atoms with E-state index in [1.807, 2.05) is 31.2 Å². The Hall–Kier alpha value is -1.70. The molecule has 0 saturated carbocycles. The average Bonchev–Trinajstić information content (AvgIpc) is 2.21. The first-order valence-corrected chi connectivity index (χ1v) is 4.46. The highest BCUT2D eigenvalue weighted by molar-refractivity contribution is 5.34. The third-order valence-electron chi connectivity index (χ3n) is 1.18. The van der Waals surface area contributed by atoms with Gasteiger partial charge in [0.25, 0.3) is 0 Å². The summed E-state index contributed by atoms with van der Waals surface area (Å²) in [5.74, 6) is 10.9. The molecule has 1 nitrogen and oxygen atoms in total. The molecule has 0 aromatic heterocycles. The van der Waals surface area contributed by atoms with Gasteiger partial charge in [0.05, 0.1) is 0 Å². The molecule has 0 fully saturated rings. The maximum atomic E-state index is 8.46. The number of aliphatic hydroxyl groups is 1. The fraction of sp³-hybridized carbons (Fsp3) is 0.231. The van der Waals surface area contributed by atoms with Gasteiger partial charge in [0.1, 0.15) is 0 Å². The minimum atomic E-state index is 0.185. The zero-order chi connectivity index (χ0) is 10.5. The van der Waals surface area contributed by atoms with Gasteiger partial charge in [0.2, 0.25) is 0 Å². The fourth-order valence-corrected chi connectivity index (χ4v) is 0.592. The topological polar surface area (TPSA) is 20.2 Å². The van der Waals surface area contributed by atoms with Crippen molar-refractivity contribution in [1.29, 1.82) is 0 Å². The fourth-order valence-electron chi connectivity index (χ4n) is 0.592. The highest BCUT2D eigenvalue weighted by atomic mass is 16.2. The largest absolute Gasteiger partial charge is 0.396 e. The van der Waals surface area contributed by atoms with Crippen molar-refractivity contribution < 1.29 is 5.11 Å². The normalized spacial score (nSPS) is 10.1. The van der Waals surface area contributed by atoms with Crippen molar-refractivity contribution in [3.63, 3.8) is 0 Å². The van der Waals surface area contributed by atoms with Gasteiger partial charge in [-0.25, -0.2) is 0 Å². The van der Waals surface area contributed by atoms with Crippen molar-refractivity contribution in [2.45, 2.75) is 13.3 Å². The van der Waals surface area contributed by atoms with Crippen LogP contribution in [0.4, 0.5) is 0 Å². The molecule has 1 N–H and O–H groups in total. The van der Waals surface area contributed by atoms with Crippen molar-refractivity contribution in [2.75, 3.05) is 6.61 Å². The van der Waals surface area contributed by atoms with Crippen LogP contribution in [0, 0.1) is 23.7 Å². The Morgan fingerprint density at radius 2 is 1.79 bits per heavy atom. The second-order valence-corrected chi connectivity index (χ2v) is 2.34. The molecule has 0 aromatic carbocycles. The lowest BCUT2D eigenvalue weighted by atomic mass is 10.3. The molecule has 1 heteroatoms. The predicted molar refractivity (Wildman–Crippen MR) is 60.3 cm³/mol.